The molecule has 28 heavy (non-hydrogen) atoms. The second-order valence-corrected chi connectivity index (χ2v) is 7.88. The van der Waals surface area contributed by atoms with Crippen LogP contribution in [0.1, 0.15) is 22.3 Å². The Kier molecular flexibility index (Phi) is 6.77. The van der Waals surface area contributed by atoms with E-state index in [9.17, 15) is 4.79 Å². The number of ether oxygens (including phenoxy) is 1. The molecule has 0 aromatic heterocycles. The van der Waals surface area contributed by atoms with Crippen LogP contribution in [0.25, 0.3) is 0 Å². The van der Waals surface area contributed by atoms with Gasteiger partial charge in [0.15, 0.2) is 6.61 Å². The summed E-state index contributed by atoms with van der Waals surface area (Å²) in [7, 11) is 0. The zero-order valence-electron chi connectivity index (χ0n) is 16.5. The summed E-state index contributed by atoms with van der Waals surface area (Å²) in [4.78, 5) is 13.5. The number of nitrogens with one attached hydrogen (secondary N) is 1. The Balaban J connectivity index is 1.53. The van der Waals surface area contributed by atoms with Crippen molar-refractivity contribution in [2.75, 3.05) is 11.9 Å². The molecule has 4 heteroatoms. The third-order valence-corrected chi connectivity index (χ3v) is 5.65. The van der Waals surface area contributed by atoms with E-state index in [0.29, 0.717) is 5.75 Å². The number of hydrogen-bond donors (Lipinski definition) is 1. The first-order valence-corrected chi connectivity index (χ1v) is 10.3. The van der Waals surface area contributed by atoms with E-state index in [1.165, 1.54) is 16.0 Å². The van der Waals surface area contributed by atoms with Gasteiger partial charge in [-0.2, -0.15) is 0 Å². The second kappa shape index (κ2) is 9.47. The molecule has 0 bridgehead atoms. The smallest absolute Gasteiger partial charge is 0.262 e. The van der Waals surface area contributed by atoms with Crippen molar-refractivity contribution >= 4 is 23.4 Å². The summed E-state index contributed by atoms with van der Waals surface area (Å²) in [6.07, 6.45) is 0. The highest BCUT2D eigenvalue weighted by molar-refractivity contribution is 7.98. The molecule has 1 amide bonds. The van der Waals surface area contributed by atoms with Gasteiger partial charge in [0.25, 0.3) is 5.91 Å². The Morgan fingerprint density at radius 1 is 0.893 bits per heavy atom. The van der Waals surface area contributed by atoms with E-state index in [4.69, 9.17) is 4.74 Å². The molecule has 0 aliphatic heterocycles. The van der Waals surface area contributed by atoms with Crippen molar-refractivity contribution in [1.29, 1.82) is 0 Å². The number of carbonyl (C=O) groups excluding carboxylic acids is 1. The maximum atomic E-state index is 12.2. The summed E-state index contributed by atoms with van der Waals surface area (Å²) in [6.45, 7) is 6.09. The summed E-state index contributed by atoms with van der Waals surface area (Å²) < 4.78 is 5.61. The molecule has 3 aromatic carbocycles. The molecule has 0 atom stereocenters. The molecule has 3 aromatic rings. The lowest BCUT2D eigenvalue weighted by Gasteiger charge is -2.12. The Bertz CT molecular complexity index is 954. The second-order valence-electron chi connectivity index (χ2n) is 6.83. The third-order valence-electron chi connectivity index (χ3n) is 4.56. The molecule has 0 aliphatic carbocycles. The number of benzene rings is 3. The van der Waals surface area contributed by atoms with E-state index in [1.54, 1.807) is 11.8 Å². The minimum absolute atomic E-state index is 0.00640. The van der Waals surface area contributed by atoms with Gasteiger partial charge in [0.1, 0.15) is 5.75 Å². The van der Waals surface area contributed by atoms with E-state index in [-0.39, 0.29) is 12.5 Å². The lowest BCUT2D eigenvalue weighted by Crippen LogP contribution is -2.20. The van der Waals surface area contributed by atoms with Crippen molar-refractivity contribution in [2.45, 2.75) is 31.4 Å². The van der Waals surface area contributed by atoms with Gasteiger partial charge >= 0.3 is 0 Å². The molecule has 1 N–H and O–H groups in total. The van der Waals surface area contributed by atoms with Crippen LogP contribution < -0.4 is 10.1 Å². The monoisotopic (exact) mass is 391 g/mol. The Morgan fingerprint density at radius 3 is 2.39 bits per heavy atom. The first-order chi connectivity index (χ1) is 13.5. The first-order valence-electron chi connectivity index (χ1n) is 9.28. The fourth-order valence-corrected chi connectivity index (χ4v) is 3.64. The van der Waals surface area contributed by atoms with Gasteiger partial charge in [0, 0.05) is 16.3 Å². The molecule has 0 saturated heterocycles. The van der Waals surface area contributed by atoms with Crippen LogP contribution in [0.2, 0.25) is 0 Å². The molecule has 0 spiro atoms. The van der Waals surface area contributed by atoms with E-state index in [0.717, 1.165) is 22.6 Å². The van der Waals surface area contributed by atoms with Crippen LogP contribution in [0.3, 0.4) is 0 Å². The fourth-order valence-electron chi connectivity index (χ4n) is 2.78. The van der Waals surface area contributed by atoms with Gasteiger partial charge in [0.2, 0.25) is 0 Å². The van der Waals surface area contributed by atoms with Crippen LogP contribution in [0.15, 0.2) is 71.6 Å². The standard InChI is InChI=1S/C24H25NO2S/c1-17-9-11-21(14-18(17)2)27-15-24(26)25-23-12-10-20(13-19(23)3)16-28-22-7-5-4-6-8-22/h4-14H,15-16H2,1-3H3,(H,25,26). The summed E-state index contributed by atoms with van der Waals surface area (Å²) in [5, 5.41) is 2.94. The molecule has 144 valence electrons. The molecule has 0 radical (unpaired) electrons. The summed E-state index contributed by atoms with van der Waals surface area (Å²) in [5.74, 6) is 1.45. The maximum Gasteiger partial charge on any atom is 0.262 e. The number of carbonyl (C=O) groups is 1. The average Bonchev–Trinajstić information content (AvgIpc) is 2.70. The number of thioether (sulfide) groups is 1. The molecule has 3 nitrogen and oxygen atoms in total. The first kappa shape index (κ1) is 20.0. The highest BCUT2D eigenvalue weighted by Crippen LogP contribution is 2.25. The van der Waals surface area contributed by atoms with Gasteiger partial charge in [-0.3, -0.25) is 4.79 Å². The quantitative estimate of drug-likeness (QED) is 0.508. The maximum absolute atomic E-state index is 12.2. The topological polar surface area (TPSA) is 38.3 Å². The van der Waals surface area contributed by atoms with Gasteiger partial charge in [-0.25, -0.2) is 0 Å². The SMILES string of the molecule is Cc1ccc(OCC(=O)Nc2ccc(CSc3ccccc3)cc2C)cc1C. The number of anilines is 1. The minimum atomic E-state index is -0.160. The fraction of sp³-hybridized carbons (Fsp3) is 0.208. The zero-order chi connectivity index (χ0) is 19.9. The van der Waals surface area contributed by atoms with Crippen molar-refractivity contribution in [2.24, 2.45) is 0 Å². The lowest BCUT2D eigenvalue weighted by molar-refractivity contribution is -0.118. The van der Waals surface area contributed by atoms with Gasteiger partial charge in [-0.15, -0.1) is 11.8 Å². The number of aryl methyl sites for hydroxylation is 3. The summed E-state index contributed by atoms with van der Waals surface area (Å²) in [6, 6.07) is 22.3. The Labute approximate surface area is 171 Å². The molecule has 0 fully saturated rings. The normalized spacial score (nSPS) is 10.5. The van der Waals surface area contributed by atoms with E-state index in [2.05, 4.69) is 36.5 Å². The average molecular weight is 392 g/mol. The third kappa shape index (κ3) is 5.64. The summed E-state index contributed by atoms with van der Waals surface area (Å²) in [5.41, 5.74) is 5.46. The Morgan fingerprint density at radius 2 is 1.68 bits per heavy atom. The van der Waals surface area contributed by atoms with Crippen LogP contribution in [-0.4, -0.2) is 12.5 Å². The molecule has 0 heterocycles. The van der Waals surface area contributed by atoms with Crippen LogP contribution in [0, 0.1) is 20.8 Å². The van der Waals surface area contributed by atoms with Crippen molar-refractivity contribution in [1.82, 2.24) is 0 Å². The van der Waals surface area contributed by atoms with Gasteiger partial charge in [-0.1, -0.05) is 36.4 Å². The number of hydrogen-bond acceptors (Lipinski definition) is 3. The molecule has 0 saturated carbocycles. The Hall–Kier alpha value is -2.72. The van der Waals surface area contributed by atoms with Crippen LogP contribution in [0.5, 0.6) is 5.75 Å². The van der Waals surface area contributed by atoms with Crippen molar-refractivity contribution < 1.29 is 9.53 Å². The minimum Gasteiger partial charge on any atom is -0.484 e. The zero-order valence-corrected chi connectivity index (χ0v) is 17.3. The molecular weight excluding hydrogens is 366 g/mol. The van der Waals surface area contributed by atoms with Crippen LogP contribution in [-0.2, 0) is 10.5 Å². The van der Waals surface area contributed by atoms with Crippen molar-refractivity contribution in [3.8, 4) is 5.75 Å². The van der Waals surface area contributed by atoms with E-state index >= 15 is 0 Å². The molecular formula is C24H25NO2S. The highest BCUT2D eigenvalue weighted by atomic mass is 32.2. The number of rotatable bonds is 7. The molecule has 3 rings (SSSR count). The van der Waals surface area contributed by atoms with Crippen molar-refractivity contribution in [3.63, 3.8) is 0 Å². The largest absolute Gasteiger partial charge is 0.484 e. The summed E-state index contributed by atoms with van der Waals surface area (Å²) >= 11 is 1.80. The van der Waals surface area contributed by atoms with Crippen LogP contribution >= 0.6 is 11.8 Å². The highest BCUT2D eigenvalue weighted by Gasteiger charge is 2.07. The van der Waals surface area contributed by atoms with Gasteiger partial charge < -0.3 is 10.1 Å². The number of amides is 1. The van der Waals surface area contributed by atoms with Gasteiger partial charge in [-0.05, 0) is 73.4 Å². The van der Waals surface area contributed by atoms with Gasteiger partial charge in [0.05, 0.1) is 0 Å². The molecule has 0 unspecified atom stereocenters. The van der Waals surface area contributed by atoms with Crippen LogP contribution in [0.4, 0.5) is 5.69 Å². The lowest BCUT2D eigenvalue weighted by atomic mass is 10.1. The molecule has 0 aliphatic rings. The predicted molar refractivity (Wildman–Crippen MR) is 117 cm³/mol. The van der Waals surface area contributed by atoms with Crippen molar-refractivity contribution in [3.05, 3.63) is 89.0 Å². The predicted octanol–water partition coefficient (Wildman–Crippen LogP) is 5.92. The van der Waals surface area contributed by atoms with E-state index in [1.807, 2.05) is 56.3 Å². The van der Waals surface area contributed by atoms with E-state index < -0.39 is 0 Å².